The first-order valence-electron chi connectivity index (χ1n) is 7.29. The van der Waals surface area contributed by atoms with Crippen molar-refractivity contribution in [3.8, 4) is 0 Å². The fourth-order valence-corrected chi connectivity index (χ4v) is 2.29. The topological polar surface area (TPSA) is 80.5 Å². The first-order valence-corrected chi connectivity index (χ1v) is 7.29. The van der Waals surface area contributed by atoms with E-state index in [2.05, 4.69) is 10.3 Å². The van der Waals surface area contributed by atoms with Crippen molar-refractivity contribution in [1.82, 2.24) is 9.88 Å². The van der Waals surface area contributed by atoms with Crippen LogP contribution < -0.4 is 11.1 Å². The molecule has 0 bridgehead atoms. The van der Waals surface area contributed by atoms with Crippen molar-refractivity contribution in [3.63, 3.8) is 0 Å². The molecular formula is C15H24N4O2. The van der Waals surface area contributed by atoms with Gasteiger partial charge in [-0.05, 0) is 39.7 Å². The lowest BCUT2D eigenvalue weighted by atomic mass is 10.0. The van der Waals surface area contributed by atoms with Gasteiger partial charge in [-0.25, -0.2) is 4.79 Å². The van der Waals surface area contributed by atoms with Gasteiger partial charge in [0.15, 0.2) is 0 Å². The van der Waals surface area contributed by atoms with E-state index in [1.54, 1.807) is 17.3 Å². The number of nitrogens with zero attached hydrogens (tertiary/aromatic N) is 2. The lowest BCUT2D eigenvalue weighted by Crippen LogP contribution is -2.44. The third kappa shape index (κ3) is 4.51. The zero-order valence-corrected chi connectivity index (χ0v) is 12.9. The van der Waals surface area contributed by atoms with Gasteiger partial charge in [0.05, 0.1) is 17.6 Å². The number of piperidine rings is 1. The summed E-state index contributed by atoms with van der Waals surface area (Å²) in [5.41, 5.74) is 6.98. The highest BCUT2D eigenvalue weighted by atomic mass is 16.6. The summed E-state index contributed by atoms with van der Waals surface area (Å²) in [6.45, 7) is 7.03. The molecule has 0 radical (unpaired) electrons. The van der Waals surface area contributed by atoms with Crippen LogP contribution >= 0.6 is 0 Å². The van der Waals surface area contributed by atoms with Crippen LogP contribution in [0.4, 0.5) is 16.2 Å². The molecule has 1 fully saturated rings. The fraction of sp³-hybridized carbons (Fsp3) is 0.600. The molecule has 0 unspecified atom stereocenters. The third-order valence-corrected chi connectivity index (χ3v) is 3.36. The summed E-state index contributed by atoms with van der Waals surface area (Å²) in [5.74, 6) is 0. The highest BCUT2D eigenvalue weighted by Crippen LogP contribution is 2.21. The van der Waals surface area contributed by atoms with Gasteiger partial charge < -0.3 is 20.7 Å². The molecule has 1 aromatic heterocycles. The summed E-state index contributed by atoms with van der Waals surface area (Å²) in [4.78, 5) is 17.7. The van der Waals surface area contributed by atoms with Gasteiger partial charge in [0.2, 0.25) is 0 Å². The molecule has 0 saturated carbocycles. The zero-order valence-electron chi connectivity index (χ0n) is 12.9. The maximum absolute atomic E-state index is 12.0. The zero-order chi connectivity index (χ0) is 15.5. The Bertz CT molecular complexity index is 491. The van der Waals surface area contributed by atoms with Crippen molar-refractivity contribution in [2.24, 2.45) is 0 Å². The van der Waals surface area contributed by atoms with Gasteiger partial charge in [-0.3, -0.25) is 4.98 Å². The summed E-state index contributed by atoms with van der Waals surface area (Å²) < 4.78 is 5.39. The molecule has 0 aliphatic carbocycles. The van der Waals surface area contributed by atoms with Crippen LogP contribution in [0.1, 0.15) is 33.6 Å². The Hall–Kier alpha value is -1.98. The van der Waals surface area contributed by atoms with Crippen molar-refractivity contribution in [3.05, 3.63) is 18.5 Å². The Morgan fingerprint density at radius 3 is 2.67 bits per heavy atom. The smallest absolute Gasteiger partial charge is 0.410 e. The van der Waals surface area contributed by atoms with Gasteiger partial charge in [-0.15, -0.1) is 0 Å². The number of ether oxygens (including phenoxy) is 1. The third-order valence-electron chi connectivity index (χ3n) is 3.36. The Balaban J connectivity index is 1.83. The Labute approximate surface area is 125 Å². The number of nitrogens with one attached hydrogen (secondary N) is 1. The number of anilines is 2. The van der Waals surface area contributed by atoms with E-state index in [1.165, 1.54) is 0 Å². The molecule has 116 valence electrons. The van der Waals surface area contributed by atoms with E-state index >= 15 is 0 Å². The van der Waals surface area contributed by atoms with Gasteiger partial charge in [-0.2, -0.15) is 0 Å². The van der Waals surface area contributed by atoms with Gasteiger partial charge in [-0.1, -0.05) is 0 Å². The molecule has 6 heteroatoms. The second-order valence-corrected chi connectivity index (χ2v) is 6.35. The number of likely N-dealkylation sites (tertiary alicyclic amines) is 1. The number of hydrogen-bond acceptors (Lipinski definition) is 5. The summed E-state index contributed by atoms with van der Waals surface area (Å²) >= 11 is 0. The van der Waals surface area contributed by atoms with E-state index < -0.39 is 5.60 Å². The Morgan fingerprint density at radius 2 is 2.10 bits per heavy atom. The number of rotatable bonds is 2. The molecule has 0 aromatic carbocycles. The summed E-state index contributed by atoms with van der Waals surface area (Å²) in [7, 11) is 0. The second-order valence-electron chi connectivity index (χ2n) is 6.35. The first kappa shape index (κ1) is 15.4. The summed E-state index contributed by atoms with van der Waals surface area (Å²) in [6, 6.07) is 2.18. The minimum absolute atomic E-state index is 0.232. The highest BCUT2D eigenvalue weighted by Gasteiger charge is 2.26. The maximum Gasteiger partial charge on any atom is 0.410 e. The number of nitrogens with two attached hydrogens (primary N) is 1. The lowest BCUT2D eigenvalue weighted by Gasteiger charge is -2.34. The fourth-order valence-electron chi connectivity index (χ4n) is 2.29. The van der Waals surface area contributed by atoms with Crippen LogP contribution in [0.3, 0.4) is 0 Å². The van der Waals surface area contributed by atoms with Crippen molar-refractivity contribution in [1.29, 1.82) is 0 Å². The van der Waals surface area contributed by atoms with E-state index in [-0.39, 0.29) is 6.09 Å². The Kier molecular flexibility index (Phi) is 4.55. The predicted molar refractivity (Wildman–Crippen MR) is 83.1 cm³/mol. The number of carbonyl (C=O) groups excluding carboxylic acids is 1. The van der Waals surface area contributed by atoms with Crippen LogP contribution in [-0.4, -0.2) is 40.7 Å². The predicted octanol–water partition coefficient (Wildman–Crippen LogP) is 2.48. The number of nitrogen functional groups attached to an aromatic ring is 1. The van der Waals surface area contributed by atoms with Gasteiger partial charge in [0.1, 0.15) is 5.60 Å². The molecule has 3 N–H and O–H groups in total. The average Bonchev–Trinajstić information content (AvgIpc) is 2.40. The molecule has 1 amide bonds. The van der Waals surface area contributed by atoms with E-state index in [1.807, 2.05) is 26.8 Å². The van der Waals surface area contributed by atoms with Gasteiger partial charge in [0.25, 0.3) is 0 Å². The van der Waals surface area contributed by atoms with Crippen molar-refractivity contribution >= 4 is 17.5 Å². The quantitative estimate of drug-likeness (QED) is 0.875. The van der Waals surface area contributed by atoms with Crippen molar-refractivity contribution < 1.29 is 9.53 Å². The van der Waals surface area contributed by atoms with E-state index in [0.717, 1.165) is 18.5 Å². The molecular weight excluding hydrogens is 268 g/mol. The molecule has 1 saturated heterocycles. The molecule has 0 spiro atoms. The average molecular weight is 292 g/mol. The first-order chi connectivity index (χ1) is 9.85. The molecule has 1 aromatic rings. The standard InChI is InChI=1S/C15H24N4O2/c1-15(2,3)21-14(20)19-8-5-11(6-9-19)18-13-4-7-17-10-12(13)16/h4,7,10-11H,5-6,8-9,16H2,1-3H3,(H,17,18). The van der Waals surface area contributed by atoms with Crippen LogP contribution in [0.25, 0.3) is 0 Å². The number of carbonyl (C=O) groups is 1. The molecule has 21 heavy (non-hydrogen) atoms. The van der Waals surface area contributed by atoms with Crippen molar-refractivity contribution in [2.45, 2.75) is 45.3 Å². The number of aromatic nitrogens is 1. The summed E-state index contributed by atoms with van der Waals surface area (Å²) in [6.07, 6.45) is 4.87. The molecule has 0 atom stereocenters. The molecule has 6 nitrogen and oxygen atoms in total. The van der Waals surface area contributed by atoms with Crippen LogP contribution in [0.5, 0.6) is 0 Å². The van der Waals surface area contributed by atoms with Crippen LogP contribution in [0, 0.1) is 0 Å². The summed E-state index contributed by atoms with van der Waals surface area (Å²) in [5, 5.41) is 3.41. The van der Waals surface area contributed by atoms with Crippen molar-refractivity contribution in [2.75, 3.05) is 24.1 Å². The second kappa shape index (κ2) is 6.20. The monoisotopic (exact) mass is 292 g/mol. The normalized spacial score (nSPS) is 16.6. The Morgan fingerprint density at radius 1 is 1.43 bits per heavy atom. The van der Waals surface area contributed by atoms with E-state index in [0.29, 0.717) is 24.8 Å². The van der Waals surface area contributed by atoms with E-state index in [4.69, 9.17) is 10.5 Å². The highest BCUT2D eigenvalue weighted by molar-refractivity contribution is 5.68. The van der Waals surface area contributed by atoms with Gasteiger partial charge in [0, 0.05) is 25.3 Å². The van der Waals surface area contributed by atoms with Gasteiger partial charge >= 0.3 is 6.09 Å². The minimum Gasteiger partial charge on any atom is -0.444 e. The molecule has 2 rings (SSSR count). The molecule has 2 heterocycles. The SMILES string of the molecule is CC(C)(C)OC(=O)N1CCC(Nc2ccncc2N)CC1. The largest absolute Gasteiger partial charge is 0.444 e. The van der Waals surface area contributed by atoms with E-state index in [9.17, 15) is 4.79 Å². The number of pyridine rings is 1. The molecule has 1 aliphatic heterocycles. The van der Waals surface area contributed by atoms with Crippen LogP contribution in [0.15, 0.2) is 18.5 Å². The lowest BCUT2D eigenvalue weighted by molar-refractivity contribution is 0.0210. The molecule has 1 aliphatic rings. The maximum atomic E-state index is 12.0. The number of amides is 1. The number of hydrogen-bond donors (Lipinski definition) is 2. The van der Waals surface area contributed by atoms with Crippen LogP contribution in [0.2, 0.25) is 0 Å². The van der Waals surface area contributed by atoms with Crippen LogP contribution in [-0.2, 0) is 4.74 Å². The minimum atomic E-state index is -0.447.